The summed E-state index contributed by atoms with van der Waals surface area (Å²) >= 11 is 1.62. The minimum atomic E-state index is -0.0718. The van der Waals surface area contributed by atoms with Crippen LogP contribution in [0.5, 0.6) is 5.88 Å². The van der Waals surface area contributed by atoms with Crippen molar-refractivity contribution in [2.75, 3.05) is 19.5 Å². The molecule has 0 saturated heterocycles. The Morgan fingerprint density at radius 3 is 2.89 bits per heavy atom. The molecule has 2 aromatic heterocycles. The van der Waals surface area contributed by atoms with Gasteiger partial charge in [0.05, 0.1) is 12.0 Å². The number of fused-ring (bicyclic) bond motifs is 1. The predicted molar refractivity (Wildman–Crippen MR) is 73.2 cm³/mol. The molecule has 2 heterocycles. The molecule has 0 aliphatic carbocycles. The van der Waals surface area contributed by atoms with E-state index in [0.29, 0.717) is 12.5 Å². The van der Waals surface area contributed by atoms with Gasteiger partial charge in [0, 0.05) is 12.0 Å². The molecule has 0 amide bonds. The quantitative estimate of drug-likeness (QED) is 0.899. The molecule has 0 spiro atoms. The summed E-state index contributed by atoms with van der Waals surface area (Å²) in [6, 6.07) is 2.06. The SMILES string of the molecule is CCc1cc2c(OC(C)COC)nc(N)nc2s1. The highest BCUT2D eigenvalue weighted by molar-refractivity contribution is 7.18. The molecule has 2 aromatic rings. The molecule has 0 aromatic carbocycles. The minimum Gasteiger partial charge on any atom is -0.472 e. The summed E-state index contributed by atoms with van der Waals surface area (Å²) in [7, 11) is 1.64. The first-order valence-corrected chi connectivity index (χ1v) is 6.67. The van der Waals surface area contributed by atoms with Gasteiger partial charge >= 0.3 is 0 Å². The molecule has 0 saturated carbocycles. The predicted octanol–water partition coefficient (Wildman–Crippen LogP) is 2.25. The maximum atomic E-state index is 5.76. The smallest absolute Gasteiger partial charge is 0.227 e. The lowest BCUT2D eigenvalue weighted by Gasteiger charge is -2.13. The summed E-state index contributed by atoms with van der Waals surface area (Å²) in [4.78, 5) is 10.5. The van der Waals surface area contributed by atoms with Gasteiger partial charge in [-0.3, -0.25) is 0 Å². The highest BCUT2D eigenvalue weighted by Crippen LogP contribution is 2.31. The molecule has 0 aliphatic heterocycles. The van der Waals surface area contributed by atoms with E-state index in [9.17, 15) is 0 Å². The Morgan fingerprint density at radius 2 is 2.22 bits per heavy atom. The van der Waals surface area contributed by atoms with Crippen molar-refractivity contribution >= 4 is 27.5 Å². The molecular formula is C12H17N3O2S. The molecule has 0 bridgehead atoms. The van der Waals surface area contributed by atoms with Crippen molar-refractivity contribution < 1.29 is 9.47 Å². The number of thiophene rings is 1. The summed E-state index contributed by atoms with van der Waals surface area (Å²) in [6.45, 7) is 4.55. The summed E-state index contributed by atoms with van der Waals surface area (Å²) in [5, 5.41) is 0.925. The number of ether oxygens (including phenoxy) is 2. The Bertz CT molecular complexity index is 541. The molecule has 6 heteroatoms. The molecule has 0 radical (unpaired) electrons. The van der Waals surface area contributed by atoms with Crippen LogP contribution in [0.4, 0.5) is 5.95 Å². The van der Waals surface area contributed by atoms with Crippen LogP contribution in [0.15, 0.2) is 6.07 Å². The third kappa shape index (κ3) is 2.70. The van der Waals surface area contributed by atoms with Crippen molar-refractivity contribution in [1.82, 2.24) is 9.97 Å². The zero-order chi connectivity index (χ0) is 13.1. The lowest BCUT2D eigenvalue weighted by Crippen LogP contribution is -2.19. The van der Waals surface area contributed by atoms with Crippen LogP contribution in [0.3, 0.4) is 0 Å². The van der Waals surface area contributed by atoms with E-state index >= 15 is 0 Å². The number of nitrogens with zero attached hydrogens (tertiary/aromatic N) is 2. The number of methoxy groups -OCH3 is 1. The van der Waals surface area contributed by atoms with E-state index in [-0.39, 0.29) is 12.1 Å². The Kier molecular flexibility index (Phi) is 3.98. The number of rotatable bonds is 5. The first kappa shape index (κ1) is 13.0. The van der Waals surface area contributed by atoms with Crippen LogP contribution in [-0.2, 0) is 11.2 Å². The number of nitrogens with two attached hydrogens (primary N) is 1. The van der Waals surface area contributed by atoms with E-state index in [4.69, 9.17) is 15.2 Å². The number of aryl methyl sites for hydroxylation is 1. The summed E-state index contributed by atoms with van der Waals surface area (Å²) in [5.74, 6) is 0.782. The summed E-state index contributed by atoms with van der Waals surface area (Å²) in [5.41, 5.74) is 5.70. The van der Waals surface area contributed by atoms with Crippen LogP contribution in [0.2, 0.25) is 0 Å². The molecule has 2 N–H and O–H groups in total. The number of hydrogen-bond acceptors (Lipinski definition) is 6. The molecule has 1 atom stereocenters. The van der Waals surface area contributed by atoms with E-state index in [1.54, 1.807) is 18.4 Å². The van der Waals surface area contributed by atoms with E-state index < -0.39 is 0 Å². The maximum absolute atomic E-state index is 5.76. The third-order valence-electron chi connectivity index (χ3n) is 2.49. The van der Waals surface area contributed by atoms with Gasteiger partial charge < -0.3 is 15.2 Å². The zero-order valence-corrected chi connectivity index (χ0v) is 11.6. The number of hydrogen-bond donors (Lipinski definition) is 1. The van der Waals surface area contributed by atoms with Crippen molar-refractivity contribution in [2.45, 2.75) is 26.4 Å². The van der Waals surface area contributed by atoms with Crippen LogP contribution in [0.25, 0.3) is 10.2 Å². The van der Waals surface area contributed by atoms with Crippen LogP contribution >= 0.6 is 11.3 Å². The zero-order valence-electron chi connectivity index (χ0n) is 10.8. The van der Waals surface area contributed by atoms with Gasteiger partial charge in [0.2, 0.25) is 11.8 Å². The van der Waals surface area contributed by atoms with Crippen molar-refractivity contribution in [3.63, 3.8) is 0 Å². The first-order valence-electron chi connectivity index (χ1n) is 5.85. The fourth-order valence-corrected chi connectivity index (χ4v) is 2.65. The lowest BCUT2D eigenvalue weighted by molar-refractivity contribution is 0.0902. The van der Waals surface area contributed by atoms with Gasteiger partial charge in [-0.15, -0.1) is 11.3 Å². The molecule has 98 valence electrons. The Balaban J connectivity index is 2.38. The van der Waals surface area contributed by atoms with Crippen molar-refractivity contribution in [1.29, 1.82) is 0 Å². The van der Waals surface area contributed by atoms with Crippen molar-refractivity contribution in [3.05, 3.63) is 10.9 Å². The summed E-state index contributed by atoms with van der Waals surface area (Å²) < 4.78 is 10.8. The third-order valence-corrected chi connectivity index (χ3v) is 3.66. The van der Waals surface area contributed by atoms with Crippen molar-refractivity contribution in [2.24, 2.45) is 0 Å². The van der Waals surface area contributed by atoms with Crippen molar-refractivity contribution in [3.8, 4) is 5.88 Å². The first-order chi connectivity index (χ1) is 8.63. The lowest BCUT2D eigenvalue weighted by atomic mass is 10.3. The van der Waals surface area contributed by atoms with Gasteiger partial charge in [0.25, 0.3) is 0 Å². The number of nitrogen functional groups attached to an aromatic ring is 1. The molecule has 18 heavy (non-hydrogen) atoms. The second-order valence-corrected chi connectivity index (χ2v) is 5.17. The van der Waals surface area contributed by atoms with E-state index in [1.807, 2.05) is 6.92 Å². The fourth-order valence-electron chi connectivity index (χ4n) is 1.68. The van der Waals surface area contributed by atoms with Gasteiger partial charge in [0.1, 0.15) is 10.9 Å². The van der Waals surface area contributed by atoms with Gasteiger partial charge in [-0.1, -0.05) is 6.92 Å². The monoisotopic (exact) mass is 267 g/mol. The topological polar surface area (TPSA) is 70.3 Å². The van der Waals surface area contributed by atoms with E-state index in [2.05, 4.69) is 23.0 Å². The number of aromatic nitrogens is 2. The molecule has 1 unspecified atom stereocenters. The average molecular weight is 267 g/mol. The Morgan fingerprint density at radius 1 is 1.44 bits per heavy atom. The Hall–Kier alpha value is -1.40. The highest BCUT2D eigenvalue weighted by atomic mass is 32.1. The average Bonchev–Trinajstić information content (AvgIpc) is 2.72. The van der Waals surface area contributed by atoms with Crippen LogP contribution < -0.4 is 10.5 Å². The standard InChI is InChI=1S/C12H17N3O2S/c1-4-8-5-9-10(17-7(2)6-16-3)14-12(13)15-11(9)18-8/h5,7H,4,6H2,1-3H3,(H2,13,14,15). The maximum Gasteiger partial charge on any atom is 0.227 e. The molecule has 0 fully saturated rings. The second kappa shape index (κ2) is 5.49. The van der Waals surface area contributed by atoms with Gasteiger partial charge in [-0.25, -0.2) is 4.98 Å². The molecule has 0 aliphatic rings. The van der Waals surface area contributed by atoms with Gasteiger partial charge in [-0.2, -0.15) is 4.98 Å². The highest BCUT2D eigenvalue weighted by Gasteiger charge is 2.13. The molecule has 2 rings (SSSR count). The summed E-state index contributed by atoms with van der Waals surface area (Å²) in [6.07, 6.45) is 0.894. The normalized spacial score (nSPS) is 12.8. The van der Waals surface area contributed by atoms with Gasteiger partial charge in [0.15, 0.2) is 0 Å². The van der Waals surface area contributed by atoms with E-state index in [1.165, 1.54) is 4.88 Å². The molecular weight excluding hydrogens is 250 g/mol. The van der Waals surface area contributed by atoms with Crippen LogP contribution in [-0.4, -0.2) is 29.8 Å². The largest absolute Gasteiger partial charge is 0.472 e. The van der Waals surface area contributed by atoms with Crippen LogP contribution in [0.1, 0.15) is 18.7 Å². The fraction of sp³-hybridized carbons (Fsp3) is 0.500. The van der Waals surface area contributed by atoms with E-state index in [0.717, 1.165) is 16.6 Å². The molecule has 5 nitrogen and oxygen atoms in total. The van der Waals surface area contributed by atoms with Gasteiger partial charge in [-0.05, 0) is 19.4 Å². The van der Waals surface area contributed by atoms with Crippen LogP contribution in [0, 0.1) is 0 Å². The Labute approximate surface area is 110 Å². The second-order valence-electron chi connectivity index (χ2n) is 4.06. The minimum absolute atomic E-state index is 0.0718. The number of anilines is 1.